The number of rotatable bonds is 3. The number of carbonyl (C=O) groups is 1. The fourth-order valence-corrected chi connectivity index (χ4v) is 2.44. The molecule has 1 N–H and O–H groups in total. The van der Waals surface area contributed by atoms with Gasteiger partial charge >= 0.3 is 6.09 Å². The van der Waals surface area contributed by atoms with E-state index in [1.807, 2.05) is 19.9 Å². The van der Waals surface area contributed by atoms with Crippen LogP contribution < -0.4 is 10.2 Å². The Bertz CT molecular complexity index is 548. The summed E-state index contributed by atoms with van der Waals surface area (Å²) in [7, 11) is 0. The van der Waals surface area contributed by atoms with Crippen molar-refractivity contribution in [1.29, 1.82) is 0 Å². The van der Waals surface area contributed by atoms with E-state index in [1.165, 1.54) is 0 Å². The van der Waals surface area contributed by atoms with Crippen molar-refractivity contribution in [3.8, 4) is 0 Å². The van der Waals surface area contributed by atoms with Crippen LogP contribution in [0.1, 0.15) is 33.4 Å². The summed E-state index contributed by atoms with van der Waals surface area (Å²) in [5.41, 5.74) is 0.836. The van der Waals surface area contributed by atoms with Gasteiger partial charge in [-0.2, -0.15) is 4.98 Å². The first-order valence-corrected chi connectivity index (χ1v) is 8.09. The van der Waals surface area contributed by atoms with Gasteiger partial charge < -0.3 is 19.9 Å². The van der Waals surface area contributed by atoms with E-state index in [9.17, 15) is 4.79 Å². The number of ether oxygens (including phenoxy) is 1. The second kappa shape index (κ2) is 7.02. The smallest absolute Gasteiger partial charge is 0.409 e. The molecular weight excluding hydrogens is 294 g/mol. The fourth-order valence-electron chi connectivity index (χ4n) is 2.44. The van der Waals surface area contributed by atoms with Crippen LogP contribution in [0.3, 0.4) is 0 Å². The Morgan fingerprint density at radius 2 is 1.91 bits per heavy atom. The molecule has 1 aromatic heterocycles. The Morgan fingerprint density at radius 1 is 1.26 bits per heavy atom. The van der Waals surface area contributed by atoms with Gasteiger partial charge in [-0.15, -0.1) is 0 Å². The second-order valence-corrected chi connectivity index (χ2v) is 6.74. The molecule has 0 atom stereocenters. The second-order valence-electron chi connectivity index (χ2n) is 6.74. The van der Waals surface area contributed by atoms with Crippen molar-refractivity contribution in [1.82, 2.24) is 14.9 Å². The zero-order valence-corrected chi connectivity index (χ0v) is 14.7. The van der Waals surface area contributed by atoms with Crippen LogP contribution in [0.2, 0.25) is 0 Å². The van der Waals surface area contributed by atoms with E-state index >= 15 is 0 Å². The maximum absolute atomic E-state index is 11.8. The van der Waals surface area contributed by atoms with Crippen molar-refractivity contribution in [3.05, 3.63) is 11.8 Å². The van der Waals surface area contributed by atoms with E-state index < -0.39 is 0 Å². The molecule has 0 spiro atoms. The van der Waals surface area contributed by atoms with Crippen LogP contribution in [0.15, 0.2) is 6.07 Å². The van der Waals surface area contributed by atoms with Gasteiger partial charge in [0.15, 0.2) is 0 Å². The quantitative estimate of drug-likeness (QED) is 0.921. The zero-order chi connectivity index (χ0) is 17.0. The summed E-state index contributed by atoms with van der Waals surface area (Å²) in [4.78, 5) is 24.7. The molecule has 1 fully saturated rings. The average molecular weight is 321 g/mol. The molecule has 1 amide bonds. The lowest BCUT2D eigenvalue weighted by molar-refractivity contribution is 0.105. The first-order valence-electron chi connectivity index (χ1n) is 8.09. The SMILES string of the molecule is CCOC(=O)N1CCN(c2cc(C)nc(NC(C)(C)C)n2)CC1. The Hall–Kier alpha value is -2.05. The minimum absolute atomic E-state index is 0.0896. The molecule has 1 aliphatic rings. The average Bonchev–Trinajstić information content (AvgIpc) is 2.45. The number of carbonyl (C=O) groups excluding carboxylic acids is 1. The van der Waals surface area contributed by atoms with E-state index in [4.69, 9.17) is 4.74 Å². The van der Waals surface area contributed by atoms with E-state index in [-0.39, 0.29) is 11.6 Å². The molecule has 0 unspecified atom stereocenters. The van der Waals surface area contributed by atoms with E-state index in [2.05, 4.69) is 41.0 Å². The molecule has 0 aromatic carbocycles. The Balaban J connectivity index is 2.04. The molecule has 23 heavy (non-hydrogen) atoms. The highest BCUT2D eigenvalue weighted by Crippen LogP contribution is 2.19. The Labute approximate surface area is 138 Å². The number of amides is 1. The van der Waals surface area contributed by atoms with Crippen molar-refractivity contribution in [2.45, 2.75) is 40.2 Å². The maximum atomic E-state index is 11.8. The van der Waals surface area contributed by atoms with Crippen LogP contribution in [0.4, 0.5) is 16.6 Å². The van der Waals surface area contributed by atoms with Gasteiger partial charge in [0.25, 0.3) is 0 Å². The number of anilines is 2. The summed E-state index contributed by atoms with van der Waals surface area (Å²) >= 11 is 0. The van der Waals surface area contributed by atoms with Gasteiger partial charge in [-0.05, 0) is 34.6 Å². The van der Waals surface area contributed by atoms with Crippen molar-refractivity contribution in [3.63, 3.8) is 0 Å². The highest BCUT2D eigenvalue weighted by Gasteiger charge is 2.23. The normalized spacial score (nSPS) is 15.5. The number of hydrogen-bond donors (Lipinski definition) is 1. The monoisotopic (exact) mass is 321 g/mol. The topological polar surface area (TPSA) is 70.6 Å². The highest BCUT2D eigenvalue weighted by molar-refractivity contribution is 5.68. The first kappa shape index (κ1) is 17.3. The number of nitrogens with zero attached hydrogens (tertiary/aromatic N) is 4. The molecule has 1 aliphatic heterocycles. The minimum Gasteiger partial charge on any atom is -0.450 e. The molecule has 0 radical (unpaired) electrons. The third kappa shape index (κ3) is 4.97. The molecular formula is C16H27N5O2. The van der Waals surface area contributed by atoms with Gasteiger partial charge in [0, 0.05) is 43.5 Å². The van der Waals surface area contributed by atoms with Gasteiger partial charge in [0.2, 0.25) is 5.95 Å². The molecule has 2 heterocycles. The number of aromatic nitrogens is 2. The van der Waals surface area contributed by atoms with E-state index in [1.54, 1.807) is 4.90 Å². The lowest BCUT2D eigenvalue weighted by Gasteiger charge is -2.35. The highest BCUT2D eigenvalue weighted by atomic mass is 16.6. The van der Waals surface area contributed by atoms with Crippen LogP contribution in [-0.4, -0.2) is 59.3 Å². The van der Waals surface area contributed by atoms with Crippen LogP contribution in [0.25, 0.3) is 0 Å². The molecule has 0 bridgehead atoms. The van der Waals surface area contributed by atoms with Crippen LogP contribution in [-0.2, 0) is 4.74 Å². The summed E-state index contributed by atoms with van der Waals surface area (Å²) in [6.07, 6.45) is -0.235. The third-order valence-corrected chi connectivity index (χ3v) is 3.46. The lowest BCUT2D eigenvalue weighted by atomic mass is 10.1. The lowest BCUT2D eigenvalue weighted by Crippen LogP contribution is -2.49. The Kier molecular flexibility index (Phi) is 5.28. The number of piperazine rings is 1. The van der Waals surface area contributed by atoms with Gasteiger partial charge in [-0.25, -0.2) is 9.78 Å². The van der Waals surface area contributed by atoms with E-state index in [0.717, 1.165) is 24.6 Å². The molecule has 7 nitrogen and oxygen atoms in total. The molecule has 1 saturated heterocycles. The summed E-state index contributed by atoms with van der Waals surface area (Å²) in [5.74, 6) is 1.54. The fraction of sp³-hybridized carbons (Fsp3) is 0.688. The van der Waals surface area contributed by atoms with Crippen molar-refractivity contribution < 1.29 is 9.53 Å². The molecule has 7 heteroatoms. The largest absolute Gasteiger partial charge is 0.450 e. The predicted molar refractivity (Wildman–Crippen MR) is 91.0 cm³/mol. The maximum Gasteiger partial charge on any atom is 0.409 e. The molecule has 1 aromatic rings. The minimum atomic E-state index is -0.235. The van der Waals surface area contributed by atoms with Crippen molar-refractivity contribution in [2.75, 3.05) is 43.0 Å². The predicted octanol–water partition coefficient (Wildman–Crippen LogP) is 2.27. The van der Waals surface area contributed by atoms with Crippen LogP contribution in [0.5, 0.6) is 0 Å². The number of hydrogen-bond acceptors (Lipinski definition) is 6. The standard InChI is InChI=1S/C16H27N5O2/c1-6-23-15(22)21-9-7-20(8-10-21)13-11-12(2)17-14(18-13)19-16(3,4)5/h11H,6-10H2,1-5H3,(H,17,18,19). The third-order valence-electron chi connectivity index (χ3n) is 3.46. The van der Waals surface area contributed by atoms with E-state index in [0.29, 0.717) is 25.6 Å². The zero-order valence-electron chi connectivity index (χ0n) is 14.7. The summed E-state index contributed by atoms with van der Waals surface area (Å²) in [6.45, 7) is 13.2. The number of aryl methyl sites for hydroxylation is 1. The Morgan fingerprint density at radius 3 is 2.48 bits per heavy atom. The van der Waals surface area contributed by atoms with Crippen LogP contribution in [0, 0.1) is 6.92 Å². The summed E-state index contributed by atoms with van der Waals surface area (Å²) in [5, 5.41) is 3.31. The summed E-state index contributed by atoms with van der Waals surface area (Å²) < 4.78 is 5.05. The molecule has 2 rings (SSSR count). The van der Waals surface area contributed by atoms with Gasteiger partial charge in [-0.3, -0.25) is 0 Å². The summed E-state index contributed by atoms with van der Waals surface area (Å²) in [6, 6.07) is 1.98. The van der Waals surface area contributed by atoms with Gasteiger partial charge in [0.1, 0.15) is 5.82 Å². The van der Waals surface area contributed by atoms with Gasteiger partial charge in [0.05, 0.1) is 6.61 Å². The number of nitrogens with one attached hydrogen (secondary N) is 1. The first-order chi connectivity index (χ1) is 10.8. The van der Waals surface area contributed by atoms with Crippen LogP contribution >= 0.6 is 0 Å². The molecule has 0 aliphatic carbocycles. The van der Waals surface area contributed by atoms with Crippen molar-refractivity contribution >= 4 is 17.9 Å². The molecule has 0 saturated carbocycles. The molecule has 128 valence electrons. The van der Waals surface area contributed by atoms with Crippen molar-refractivity contribution in [2.24, 2.45) is 0 Å². The van der Waals surface area contributed by atoms with Gasteiger partial charge in [-0.1, -0.05) is 0 Å².